The molecule has 0 spiro atoms. The van der Waals surface area contributed by atoms with E-state index >= 15 is 0 Å². The highest BCUT2D eigenvalue weighted by Crippen LogP contribution is 2.38. The fraction of sp³-hybridized carbons (Fsp3) is 0.250. The maximum absolute atomic E-state index is 11.8. The maximum Gasteiger partial charge on any atom is 0.296 e. The van der Waals surface area contributed by atoms with Gasteiger partial charge in [0.15, 0.2) is 0 Å². The molecule has 0 heterocycles. The molecule has 0 aliphatic rings. The third kappa shape index (κ3) is 8.84. The molecule has 0 saturated heterocycles. The van der Waals surface area contributed by atoms with Crippen LogP contribution in [0, 0.1) is 20.8 Å². The molecule has 0 bridgehead atoms. The Bertz CT molecular complexity index is 1910. The highest BCUT2D eigenvalue weighted by atomic mass is 32.2. The highest BCUT2D eigenvalue weighted by Gasteiger charge is 2.21. The van der Waals surface area contributed by atoms with Crippen LogP contribution in [0.25, 0.3) is 0 Å². The standard InChI is InChI=1S/C24H27N5O10S3/c1-14-10-20(15(2)9-18(14)25)27-29-22-11-16(3)21(13-23(22)39-7-4-8-40(30,31)32)28-26-19-6-5-17(41(33,34)35)12-24(19)42(36,37)38/h5-6,9-13H,4,7-8,25H2,1-3H3,(H,30,31,32)(H,33,34,35)(H,36,37,38). The summed E-state index contributed by atoms with van der Waals surface area (Å²) in [6.07, 6.45) is -0.0613. The molecule has 3 rings (SSSR count). The zero-order valence-corrected chi connectivity index (χ0v) is 24.9. The molecule has 0 saturated carbocycles. The smallest absolute Gasteiger partial charge is 0.296 e. The third-order valence-corrected chi connectivity index (χ3v) is 8.24. The lowest BCUT2D eigenvalue weighted by molar-refractivity contribution is 0.317. The largest absolute Gasteiger partial charge is 0.491 e. The van der Waals surface area contributed by atoms with Gasteiger partial charge in [-0.3, -0.25) is 13.7 Å². The normalized spacial score (nSPS) is 12.8. The average molecular weight is 642 g/mol. The molecule has 18 heteroatoms. The predicted molar refractivity (Wildman–Crippen MR) is 152 cm³/mol. The lowest BCUT2D eigenvalue weighted by Crippen LogP contribution is -2.08. The molecule has 0 aliphatic carbocycles. The Kier molecular flexibility index (Phi) is 9.81. The molecule has 226 valence electrons. The second kappa shape index (κ2) is 12.6. The van der Waals surface area contributed by atoms with E-state index in [2.05, 4.69) is 20.5 Å². The van der Waals surface area contributed by atoms with Gasteiger partial charge in [0, 0.05) is 11.8 Å². The van der Waals surface area contributed by atoms with E-state index in [1.807, 2.05) is 6.92 Å². The number of rotatable bonds is 11. The Hall–Kier alpha value is -3.81. The summed E-state index contributed by atoms with van der Waals surface area (Å²) in [5.74, 6) is -0.459. The number of nitrogen functional groups attached to an aromatic ring is 1. The Labute approximate surface area is 242 Å². The van der Waals surface area contributed by atoms with Crippen molar-refractivity contribution in [3.05, 3.63) is 59.2 Å². The zero-order chi connectivity index (χ0) is 31.5. The van der Waals surface area contributed by atoms with E-state index in [0.29, 0.717) is 23.0 Å². The predicted octanol–water partition coefficient (Wildman–Crippen LogP) is 5.17. The van der Waals surface area contributed by atoms with Crippen molar-refractivity contribution in [3.63, 3.8) is 0 Å². The summed E-state index contributed by atoms with van der Waals surface area (Å²) in [7, 11) is -14.0. The van der Waals surface area contributed by atoms with E-state index < -0.39 is 51.6 Å². The summed E-state index contributed by atoms with van der Waals surface area (Å²) < 4.78 is 102. The molecule has 0 atom stereocenters. The number of aryl methyl sites for hydroxylation is 3. The van der Waals surface area contributed by atoms with Crippen molar-refractivity contribution in [3.8, 4) is 5.75 Å². The Morgan fingerprint density at radius 3 is 1.83 bits per heavy atom. The van der Waals surface area contributed by atoms with Gasteiger partial charge in [-0.05, 0) is 80.3 Å². The van der Waals surface area contributed by atoms with Gasteiger partial charge in [-0.15, -0.1) is 10.2 Å². The molecule has 42 heavy (non-hydrogen) atoms. The van der Waals surface area contributed by atoms with Crippen molar-refractivity contribution in [1.29, 1.82) is 0 Å². The number of azo groups is 2. The van der Waals surface area contributed by atoms with Gasteiger partial charge in [-0.25, -0.2) is 0 Å². The van der Waals surface area contributed by atoms with Gasteiger partial charge in [-0.2, -0.15) is 35.5 Å². The van der Waals surface area contributed by atoms with Crippen molar-refractivity contribution in [2.24, 2.45) is 20.5 Å². The molecule has 3 aromatic rings. The van der Waals surface area contributed by atoms with Crippen LogP contribution >= 0.6 is 0 Å². The van der Waals surface area contributed by atoms with Gasteiger partial charge < -0.3 is 10.5 Å². The number of hydrogen-bond acceptors (Lipinski definition) is 12. The van der Waals surface area contributed by atoms with E-state index in [1.54, 1.807) is 26.0 Å². The fourth-order valence-electron chi connectivity index (χ4n) is 3.48. The van der Waals surface area contributed by atoms with E-state index in [-0.39, 0.29) is 30.2 Å². The maximum atomic E-state index is 11.8. The average Bonchev–Trinajstić information content (AvgIpc) is 2.86. The number of hydrogen-bond donors (Lipinski definition) is 4. The number of nitrogens with two attached hydrogens (primary N) is 1. The van der Waals surface area contributed by atoms with E-state index in [4.69, 9.17) is 15.0 Å². The molecular formula is C24H27N5O10S3. The molecular weight excluding hydrogens is 614 g/mol. The number of nitrogens with zero attached hydrogens (tertiary/aromatic N) is 4. The fourth-order valence-corrected chi connectivity index (χ4v) is 5.19. The second-order valence-corrected chi connectivity index (χ2v) is 13.5. The molecule has 0 fully saturated rings. The third-order valence-electron chi connectivity index (χ3n) is 5.70. The van der Waals surface area contributed by atoms with E-state index in [9.17, 15) is 34.4 Å². The SMILES string of the molecule is Cc1cc(N=Nc2cc(C)c(N=Nc3ccc(S(=O)(=O)O)cc3S(=O)(=O)O)cc2OCCCS(=O)(=O)O)c(C)cc1N. The van der Waals surface area contributed by atoms with Crippen LogP contribution in [0.3, 0.4) is 0 Å². The van der Waals surface area contributed by atoms with Crippen LogP contribution in [0.4, 0.5) is 28.4 Å². The van der Waals surface area contributed by atoms with Crippen LogP contribution in [0.5, 0.6) is 5.75 Å². The van der Waals surface area contributed by atoms with Crippen LogP contribution in [-0.2, 0) is 30.4 Å². The van der Waals surface area contributed by atoms with Gasteiger partial charge in [0.2, 0.25) is 0 Å². The molecule has 0 aromatic heterocycles. The summed E-state index contributed by atoms with van der Waals surface area (Å²) in [5, 5.41) is 16.4. The summed E-state index contributed by atoms with van der Waals surface area (Å²) in [6, 6.07) is 8.73. The van der Waals surface area contributed by atoms with Crippen molar-refractivity contribution in [1.82, 2.24) is 0 Å². The van der Waals surface area contributed by atoms with E-state index in [0.717, 1.165) is 23.3 Å². The number of benzene rings is 3. The topological polar surface area (TPSA) is 248 Å². The monoisotopic (exact) mass is 641 g/mol. The zero-order valence-electron chi connectivity index (χ0n) is 22.5. The van der Waals surface area contributed by atoms with Gasteiger partial charge in [0.25, 0.3) is 30.4 Å². The van der Waals surface area contributed by atoms with E-state index in [1.165, 1.54) is 12.1 Å². The van der Waals surface area contributed by atoms with Crippen molar-refractivity contribution < 1.29 is 43.6 Å². The minimum atomic E-state index is -4.97. The van der Waals surface area contributed by atoms with Crippen LogP contribution < -0.4 is 10.5 Å². The Morgan fingerprint density at radius 1 is 0.690 bits per heavy atom. The quantitative estimate of drug-likeness (QED) is 0.0919. The summed E-state index contributed by atoms with van der Waals surface area (Å²) >= 11 is 0. The molecule has 0 amide bonds. The molecule has 3 aromatic carbocycles. The number of anilines is 1. The first kappa shape index (κ1) is 32.7. The molecule has 15 nitrogen and oxygen atoms in total. The first-order valence-corrected chi connectivity index (χ1v) is 16.4. The first-order valence-electron chi connectivity index (χ1n) is 11.9. The van der Waals surface area contributed by atoms with Crippen LogP contribution in [0.2, 0.25) is 0 Å². The first-order chi connectivity index (χ1) is 19.3. The van der Waals surface area contributed by atoms with Crippen molar-refractivity contribution in [2.45, 2.75) is 37.0 Å². The lowest BCUT2D eigenvalue weighted by Gasteiger charge is -2.11. The van der Waals surface area contributed by atoms with Crippen molar-refractivity contribution in [2.75, 3.05) is 18.1 Å². The Morgan fingerprint density at radius 2 is 1.24 bits per heavy atom. The minimum absolute atomic E-state index is 0.0613. The number of ether oxygens (including phenoxy) is 1. The summed E-state index contributed by atoms with van der Waals surface area (Å²) in [5.41, 5.74) is 8.99. The highest BCUT2D eigenvalue weighted by molar-refractivity contribution is 7.86. The van der Waals surface area contributed by atoms with Gasteiger partial charge in [0.05, 0.1) is 28.6 Å². The molecule has 0 unspecified atom stereocenters. The van der Waals surface area contributed by atoms with Crippen LogP contribution in [0.15, 0.2) is 72.7 Å². The summed E-state index contributed by atoms with van der Waals surface area (Å²) in [4.78, 5) is -1.70. The van der Waals surface area contributed by atoms with Crippen LogP contribution in [0.1, 0.15) is 23.1 Å². The van der Waals surface area contributed by atoms with Crippen LogP contribution in [-0.4, -0.2) is 51.3 Å². The van der Waals surface area contributed by atoms with Crippen molar-refractivity contribution >= 4 is 58.8 Å². The molecule has 0 aliphatic heterocycles. The summed E-state index contributed by atoms with van der Waals surface area (Å²) in [6.45, 7) is 5.09. The second-order valence-electron chi connectivity index (χ2n) is 9.07. The lowest BCUT2D eigenvalue weighted by atomic mass is 10.1. The molecule has 0 radical (unpaired) electrons. The Balaban J connectivity index is 2.05. The van der Waals surface area contributed by atoms with Gasteiger partial charge in [0.1, 0.15) is 22.0 Å². The van der Waals surface area contributed by atoms with Gasteiger partial charge in [-0.1, -0.05) is 0 Å². The van der Waals surface area contributed by atoms with Gasteiger partial charge >= 0.3 is 0 Å². The minimum Gasteiger partial charge on any atom is -0.491 e. The molecule has 5 N–H and O–H groups in total.